The van der Waals surface area contributed by atoms with Crippen LogP contribution in [0.1, 0.15) is 21.6 Å². The van der Waals surface area contributed by atoms with Crippen molar-refractivity contribution in [3.63, 3.8) is 0 Å². The quantitative estimate of drug-likeness (QED) is 0.653. The molecule has 0 radical (unpaired) electrons. The molecule has 2 heterocycles. The van der Waals surface area contributed by atoms with E-state index >= 15 is 0 Å². The number of nitrogens with zero attached hydrogens (tertiary/aromatic N) is 2. The number of hydrogen-bond donors (Lipinski definition) is 0. The Balaban J connectivity index is 1.74. The molecule has 0 unspecified atom stereocenters. The maximum atomic E-state index is 12.2. The minimum atomic E-state index is -0.987. The number of benzene rings is 1. The van der Waals surface area contributed by atoms with Gasteiger partial charge in [0.25, 0.3) is 5.56 Å². The van der Waals surface area contributed by atoms with E-state index in [9.17, 15) is 13.8 Å². The molecule has 25 heavy (non-hydrogen) atoms. The molecule has 0 amide bonds. The molecule has 6 nitrogen and oxygen atoms in total. The summed E-state index contributed by atoms with van der Waals surface area (Å²) in [5.41, 5.74) is 1.82. The minimum absolute atomic E-state index is 0.0938. The maximum Gasteiger partial charge on any atom is 0.338 e. The Morgan fingerprint density at radius 3 is 2.84 bits per heavy atom. The van der Waals surface area contributed by atoms with Gasteiger partial charge in [0.1, 0.15) is 12.3 Å². The van der Waals surface area contributed by atoms with E-state index in [1.165, 1.54) is 10.5 Å². The van der Waals surface area contributed by atoms with Crippen molar-refractivity contribution in [2.24, 2.45) is 0 Å². The predicted octanol–water partition coefficient (Wildman–Crippen LogP) is 1.93. The number of ether oxygens (including phenoxy) is 1. The van der Waals surface area contributed by atoms with E-state index in [-0.39, 0.29) is 12.2 Å². The number of pyridine rings is 1. The standard InChI is InChI=1S/C18H16N2O4S/c1-25(23)12-13-5-4-6-14(9-13)18(22)24-11-15-10-17(21)20-8-3-2-7-16(20)19-15/h2-10H,11-12H2,1H3/t25-/m0/s1. The Morgan fingerprint density at radius 2 is 2.04 bits per heavy atom. The summed E-state index contributed by atoms with van der Waals surface area (Å²) in [6.45, 7) is -0.0938. The van der Waals surface area contributed by atoms with Gasteiger partial charge in [0.15, 0.2) is 0 Å². The Bertz CT molecular complexity index is 1010. The largest absolute Gasteiger partial charge is 0.456 e. The summed E-state index contributed by atoms with van der Waals surface area (Å²) in [6.07, 6.45) is 3.23. The monoisotopic (exact) mass is 356 g/mol. The van der Waals surface area contributed by atoms with Crippen LogP contribution >= 0.6 is 0 Å². The van der Waals surface area contributed by atoms with Crippen molar-refractivity contribution in [1.29, 1.82) is 0 Å². The number of esters is 1. The number of fused-ring (bicyclic) bond motifs is 1. The fourth-order valence-corrected chi connectivity index (χ4v) is 3.07. The third-order valence-corrected chi connectivity index (χ3v) is 4.25. The SMILES string of the molecule is C[S@](=O)Cc1cccc(C(=O)OCc2cc(=O)n3ccccc3n2)c1. The fourth-order valence-electron chi connectivity index (χ4n) is 2.42. The lowest BCUT2D eigenvalue weighted by Crippen LogP contribution is -2.16. The van der Waals surface area contributed by atoms with Crippen molar-refractivity contribution in [2.45, 2.75) is 12.4 Å². The highest BCUT2D eigenvalue weighted by Crippen LogP contribution is 2.10. The fraction of sp³-hybridized carbons (Fsp3) is 0.167. The molecule has 0 aliphatic rings. The molecule has 0 fully saturated rings. The highest BCUT2D eigenvalue weighted by molar-refractivity contribution is 7.83. The van der Waals surface area contributed by atoms with Crippen LogP contribution in [0.15, 0.2) is 59.5 Å². The smallest absolute Gasteiger partial charge is 0.338 e. The Morgan fingerprint density at radius 1 is 1.20 bits per heavy atom. The normalized spacial score (nSPS) is 12.0. The van der Waals surface area contributed by atoms with Gasteiger partial charge in [0.05, 0.1) is 11.3 Å². The van der Waals surface area contributed by atoms with Crippen LogP contribution in [-0.2, 0) is 27.9 Å². The van der Waals surface area contributed by atoms with E-state index in [1.54, 1.807) is 48.9 Å². The molecule has 128 valence electrons. The van der Waals surface area contributed by atoms with Crippen LogP contribution in [0.5, 0.6) is 0 Å². The molecule has 0 bridgehead atoms. The van der Waals surface area contributed by atoms with E-state index in [0.29, 0.717) is 22.7 Å². The second-order valence-electron chi connectivity index (χ2n) is 5.51. The first-order valence-corrected chi connectivity index (χ1v) is 9.29. The summed E-state index contributed by atoms with van der Waals surface area (Å²) in [6, 6.07) is 13.4. The van der Waals surface area contributed by atoms with Crippen LogP contribution in [0.4, 0.5) is 0 Å². The van der Waals surface area contributed by atoms with Crippen molar-refractivity contribution < 1.29 is 13.7 Å². The molecule has 0 aliphatic carbocycles. The Kier molecular flexibility index (Phi) is 5.04. The van der Waals surface area contributed by atoms with Crippen molar-refractivity contribution in [3.05, 3.63) is 81.9 Å². The van der Waals surface area contributed by atoms with Crippen LogP contribution in [-0.4, -0.2) is 25.8 Å². The lowest BCUT2D eigenvalue weighted by molar-refractivity contribution is 0.0467. The summed E-state index contributed by atoms with van der Waals surface area (Å²) in [5.74, 6) is -0.136. The minimum Gasteiger partial charge on any atom is -0.456 e. The molecule has 0 saturated carbocycles. The van der Waals surface area contributed by atoms with Gasteiger partial charge >= 0.3 is 5.97 Å². The number of rotatable bonds is 5. The number of carbonyl (C=O) groups is 1. The molecular weight excluding hydrogens is 340 g/mol. The van der Waals surface area contributed by atoms with E-state index < -0.39 is 16.8 Å². The van der Waals surface area contributed by atoms with Crippen LogP contribution in [0.2, 0.25) is 0 Å². The summed E-state index contributed by atoms with van der Waals surface area (Å²) < 4.78 is 18.0. The summed E-state index contributed by atoms with van der Waals surface area (Å²) >= 11 is 0. The van der Waals surface area contributed by atoms with Crippen LogP contribution < -0.4 is 5.56 Å². The van der Waals surface area contributed by atoms with Gasteiger partial charge in [-0.1, -0.05) is 18.2 Å². The van der Waals surface area contributed by atoms with Crippen LogP contribution in [0, 0.1) is 0 Å². The van der Waals surface area contributed by atoms with E-state index in [4.69, 9.17) is 4.74 Å². The zero-order chi connectivity index (χ0) is 17.8. The Labute approximate surface area is 146 Å². The first-order valence-electron chi connectivity index (χ1n) is 7.56. The second kappa shape index (κ2) is 7.40. The topological polar surface area (TPSA) is 77.7 Å². The lowest BCUT2D eigenvalue weighted by atomic mass is 10.1. The van der Waals surface area contributed by atoms with Crippen molar-refractivity contribution in [1.82, 2.24) is 9.38 Å². The summed E-state index contributed by atoms with van der Waals surface area (Å²) in [5, 5.41) is 0. The molecular formula is C18H16N2O4S. The van der Waals surface area contributed by atoms with Gasteiger partial charge in [-0.2, -0.15) is 0 Å². The number of aromatic nitrogens is 2. The second-order valence-corrected chi connectivity index (χ2v) is 6.94. The van der Waals surface area contributed by atoms with E-state index in [2.05, 4.69) is 4.98 Å². The van der Waals surface area contributed by atoms with Gasteiger partial charge in [0.2, 0.25) is 0 Å². The first-order chi connectivity index (χ1) is 12.0. The molecule has 3 aromatic rings. The van der Waals surface area contributed by atoms with Gasteiger partial charge < -0.3 is 4.74 Å². The zero-order valence-corrected chi connectivity index (χ0v) is 14.4. The van der Waals surface area contributed by atoms with Crippen molar-refractivity contribution in [3.8, 4) is 0 Å². The highest BCUT2D eigenvalue weighted by atomic mass is 32.2. The van der Waals surface area contributed by atoms with E-state index in [1.807, 2.05) is 6.07 Å². The molecule has 7 heteroatoms. The number of carbonyl (C=O) groups excluding carboxylic acids is 1. The van der Waals surface area contributed by atoms with Gasteiger partial charge in [-0.3, -0.25) is 13.4 Å². The molecule has 0 saturated heterocycles. The zero-order valence-electron chi connectivity index (χ0n) is 13.5. The molecule has 3 rings (SSSR count). The van der Waals surface area contributed by atoms with Crippen LogP contribution in [0.3, 0.4) is 0 Å². The van der Waals surface area contributed by atoms with Gasteiger partial charge in [0, 0.05) is 35.1 Å². The number of hydrogen-bond acceptors (Lipinski definition) is 5. The maximum absolute atomic E-state index is 12.2. The predicted molar refractivity (Wildman–Crippen MR) is 94.8 cm³/mol. The van der Waals surface area contributed by atoms with Gasteiger partial charge in [-0.05, 0) is 29.8 Å². The molecule has 0 N–H and O–H groups in total. The summed E-state index contributed by atoms with van der Waals surface area (Å²) in [7, 11) is -0.987. The van der Waals surface area contributed by atoms with Gasteiger partial charge in [-0.25, -0.2) is 9.78 Å². The lowest BCUT2D eigenvalue weighted by Gasteiger charge is -2.07. The van der Waals surface area contributed by atoms with Crippen molar-refractivity contribution in [2.75, 3.05) is 6.26 Å². The molecule has 0 spiro atoms. The molecule has 0 aliphatic heterocycles. The summed E-state index contributed by atoms with van der Waals surface area (Å²) in [4.78, 5) is 28.5. The first kappa shape index (κ1) is 17.0. The third-order valence-electron chi connectivity index (χ3n) is 3.51. The molecule has 1 atom stereocenters. The Hall–Kier alpha value is -2.80. The highest BCUT2D eigenvalue weighted by Gasteiger charge is 2.10. The average molecular weight is 356 g/mol. The van der Waals surface area contributed by atoms with Crippen molar-refractivity contribution >= 4 is 22.4 Å². The van der Waals surface area contributed by atoms with E-state index in [0.717, 1.165) is 5.56 Å². The van der Waals surface area contributed by atoms with Crippen LogP contribution in [0.25, 0.3) is 5.65 Å². The third kappa shape index (κ3) is 4.19. The van der Waals surface area contributed by atoms with Gasteiger partial charge in [-0.15, -0.1) is 0 Å². The molecule has 1 aromatic carbocycles. The average Bonchev–Trinajstić information content (AvgIpc) is 2.59. The molecule has 2 aromatic heterocycles.